The van der Waals surface area contributed by atoms with Gasteiger partial charge in [-0.25, -0.2) is 4.39 Å². The fourth-order valence-corrected chi connectivity index (χ4v) is 1.31. The van der Waals surface area contributed by atoms with Crippen molar-refractivity contribution in [2.75, 3.05) is 0 Å². The van der Waals surface area contributed by atoms with E-state index in [4.69, 9.17) is 0 Å². The summed E-state index contributed by atoms with van der Waals surface area (Å²) in [6.45, 7) is 0. The van der Waals surface area contributed by atoms with Gasteiger partial charge in [0.05, 0.1) is 5.52 Å². The van der Waals surface area contributed by atoms with Crippen molar-refractivity contribution >= 4 is 17.2 Å². The van der Waals surface area contributed by atoms with Gasteiger partial charge in [0, 0.05) is 17.1 Å². The van der Waals surface area contributed by atoms with Crippen LogP contribution in [-0.4, -0.2) is 16.4 Å². The van der Waals surface area contributed by atoms with Gasteiger partial charge in [0.25, 0.3) is 0 Å². The van der Waals surface area contributed by atoms with Gasteiger partial charge in [-0.3, -0.25) is 4.79 Å². The third-order valence-electron chi connectivity index (χ3n) is 1.92. The van der Waals surface area contributed by atoms with Crippen molar-refractivity contribution in [1.82, 2.24) is 4.98 Å². The molecule has 0 saturated carbocycles. The molecule has 0 aliphatic heterocycles. The van der Waals surface area contributed by atoms with E-state index in [0.717, 1.165) is 6.07 Å². The summed E-state index contributed by atoms with van der Waals surface area (Å²) in [6.07, 6.45) is 1.90. The largest absolute Gasteiger partial charge is 0.506 e. The van der Waals surface area contributed by atoms with E-state index in [2.05, 4.69) is 4.98 Å². The van der Waals surface area contributed by atoms with E-state index in [9.17, 15) is 14.3 Å². The molecule has 2 aromatic rings. The third-order valence-corrected chi connectivity index (χ3v) is 1.92. The van der Waals surface area contributed by atoms with E-state index in [-0.39, 0.29) is 22.2 Å². The molecule has 1 aromatic heterocycles. The molecule has 13 heavy (non-hydrogen) atoms. The van der Waals surface area contributed by atoms with Crippen molar-refractivity contribution in [1.29, 1.82) is 0 Å². The Bertz CT molecular complexity index is 476. The zero-order valence-electron chi connectivity index (χ0n) is 6.54. The standard InChI is InChI=1S/C9H6FNO2/c10-6-1-2-7(13)9-8(6)5(4-12)3-11-9/h1-4,11,13H. The highest BCUT2D eigenvalue weighted by Gasteiger charge is 2.10. The molecule has 4 heteroatoms. The highest BCUT2D eigenvalue weighted by atomic mass is 19.1. The van der Waals surface area contributed by atoms with Gasteiger partial charge < -0.3 is 10.1 Å². The Labute approximate surface area is 72.8 Å². The van der Waals surface area contributed by atoms with Crippen LogP contribution in [0.4, 0.5) is 4.39 Å². The fourth-order valence-electron chi connectivity index (χ4n) is 1.31. The molecular formula is C9H6FNO2. The van der Waals surface area contributed by atoms with E-state index < -0.39 is 5.82 Å². The number of rotatable bonds is 1. The van der Waals surface area contributed by atoms with Crippen LogP contribution >= 0.6 is 0 Å². The summed E-state index contributed by atoms with van der Waals surface area (Å²) in [4.78, 5) is 13.1. The molecule has 0 unspecified atom stereocenters. The Morgan fingerprint density at radius 2 is 2.23 bits per heavy atom. The summed E-state index contributed by atoms with van der Waals surface area (Å²) in [6, 6.07) is 2.36. The third kappa shape index (κ3) is 0.989. The van der Waals surface area contributed by atoms with Crippen molar-refractivity contribution < 1.29 is 14.3 Å². The van der Waals surface area contributed by atoms with Crippen molar-refractivity contribution in [3.8, 4) is 5.75 Å². The maximum absolute atomic E-state index is 13.2. The quantitative estimate of drug-likeness (QED) is 0.656. The highest BCUT2D eigenvalue weighted by Crippen LogP contribution is 2.27. The molecule has 0 radical (unpaired) electrons. The summed E-state index contributed by atoms with van der Waals surface area (Å²) >= 11 is 0. The van der Waals surface area contributed by atoms with Crippen molar-refractivity contribution in [2.45, 2.75) is 0 Å². The van der Waals surface area contributed by atoms with Gasteiger partial charge in [0.1, 0.15) is 11.6 Å². The first-order valence-corrected chi connectivity index (χ1v) is 3.68. The Hall–Kier alpha value is -1.84. The highest BCUT2D eigenvalue weighted by molar-refractivity contribution is 5.99. The van der Waals surface area contributed by atoms with Gasteiger partial charge in [0.2, 0.25) is 0 Å². The second kappa shape index (κ2) is 2.58. The van der Waals surface area contributed by atoms with Gasteiger partial charge in [0.15, 0.2) is 6.29 Å². The minimum Gasteiger partial charge on any atom is -0.506 e. The first-order valence-electron chi connectivity index (χ1n) is 3.68. The van der Waals surface area contributed by atoms with Crippen LogP contribution in [0.25, 0.3) is 10.9 Å². The van der Waals surface area contributed by atoms with Crippen molar-refractivity contribution in [3.05, 3.63) is 29.7 Å². The number of halogens is 1. The minimum atomic E-state index is -0.517. The summed E-state index contributed by atoms with van der Waals surface area (Å²) in [7, 11) is 0. The van der Waals surface area contributed by atoms with Crippen LogP contribution in [0.2, 0.25) is 0 Å². The number of H-pyrrole nitrogens is 1. The maximum atomic E-state index is 13.2. The number of phenolic OH excluding ortho intramolecular Hbond substituents is 1. The summed E-state index contributed by atoms with van der Waals surface area (Å²) < 4.78 is 13.2. The number of aromatic amines is 1. The average Bonchev–Trinajstić information content (AvgIpc) is 2.56. The summed E-state index contributed by atoms with van der Waals surface area (Å²) in [5.74, 6) is -0.583. The van der Waals surface area contributed by atoms with Gasteiger partial charge in [-0.1, -0.05) is 0 Å². The first kappa shape index (κ1) is 7.79. The van der Waals surface area contributed by atoms with E-state index in [1.807, 2.05) is 0 Å². The second-order valence-electron chi connectivity index (χ2n) is 2.68. The monoisotopic (exact) mass is 179 g/mol. The van der Waals surface area contributed by atoms with Crippen LogP contribution < -0.4 is 0 Å². The number of aromatic hydroxyl groups is 1. The van der Waals surface area contributed by atoms with Crippen LogP contribution in [0.5, 0.6) is 5.75 Å². The normalized spacial score (nSPS) is 10.5. The Morgan fingerprint density at radius 1 is 1.46 bits per heavy atom. The van der Waals surface area contributed by atoms with Crippen LogP contribution in [0.15, 0.2) is 18.3 Å². The minimum absolute atomic E-state index is 0.0653. The predicted octanol–water partition coefficient (Wildman–Crippen LogP) is 1.83. The molecule has 0 saturated heterocycles. The molecule has 1 heterocycles. The topological polar surface area (TPSA) is 53.1 Å². The molecule has 0 aliphatic rings. The van der Waals surface area contributed by atoms with E-state index in [1.54, 1.807) is 0 Å². The summed E-state index contributed by atoms with van der Waals surface area (Å²) in [5, 5.41) is 9.42. The first-order chi connectivity index (χ1) is 6.24. The average molecular weight is 179 g/mol. The number of nitrogens with one attached hydrogen (secondary N) is 1. The van der Waals surface area contributed by atoms with Gasteiger partial charge >= 0.3 is 0 Å². The molecule has 1 aromatic carbocycles. The number of phenols is 1. The zero-order chi connectivity index (χ0) is 9.42. The van der Waals surface area contributed by atoms with E-state index >= 15 is 0 Å². The number of benzene rings is 1. The van der Waals surface area contributed by atoms with Crippen LogP contribution in [-0.2, 0) is 0 Å². The lowest BCUT2D eigenvalue weighted by molar-refractivity contribution is 0.112. The Kier molecular flexibility index (Phi) is 1.55. The summed E-state index contributed by atoms with van der Waals surface area (Å²) in [5.41, 5.74) is 0.463. The lowest BCUT2D eigenvalue weighted by atomic mass is 10.1. The molecule has 2 N–H and O–H groups in total. The lowest BCUT2D eigenvalue weighted by Crippen LogP contribution is -1.81. The van der Waals surface area contributed by atoms with Crippen LogP contribution in [0.1, 0.15) is 10.4 Å². The Balaban J connectivity index is 2.95. The van der Waals surface area contributed by atoms with Crippen molar-refractivity contribution in [3.63, 3.8) is 0 Å². The van der Waals surface area contributed by atoms with Crippen LogP contribution in [0, 0.1) is 5.82 Å². The predicted molar refractivity (Wildman–Crippen MR) is 45.3 cm³/mol. The molecule has 66 valence electrons. The Morgan fingerprint density at radius 3 is 2.92 bits per heavy atom. The number of fused-ring (bicyclic) bond motifs is 1. The molecule has 2 rings (SSSR count). The van der Waals surface area contributed by atoms with Gasteiger partial charge in [-0.15, -0.1) is 0 Å². The van der Waals surface area contributed by atoms with E-state index in [1.165, 1.54) is 12.3 Å². The molecule has 0 spiro atoms. The number of hydrogen-bond donors (Lipinski definition) is 2. The van der Waals surface area contributed by atoms with Crippen LogP contribution in [0.3, 0.4) is 0 Å². The number of hydrogen-bond acceptors (Lipinski definition) is 2. The smallest absolute Gasteiger partial charge is 0.152 e. The molecular weight excluding hydrogens is 173 g/mol. The number of carbonyl (C=O) groups is 1. The lowest BCUT2D eigenvalue weighted by Gasteiger charge is -1.96. The molecule has 0 bridgehead atoms. The number of aromatic nitrogens is 1. The molecule has 0 aliphatic carbocycles. The fraction of sp³-hybridized carbons (Fsp3) is 0. The maximum Gasteiger partial charge on any atom is 0.152 e. The van der Waals surface area contributed by atoms with E-state index in [0.29, 0.717) is 6.29 Å². The molecule has 0 atom stereocenters. The number of carbonyl (C=O) groups excluding carboxylic acids is 1. The molecule has 0 amide bonds. The van der Waals surface area contributed by atoms with Crippen molar-refractivity contribution in [2.24, 2.45) is 0 Å². The van der Waals surface area contributed by atoms with Gasteiger partial charge in [-0.05, 0) is 12.1 Å². The second-order valence-corrected chi connectivity index (χ2v) is 2.68. The number of aldehydes is 1. The SMILES string of the molecule is O=Cc1c[nH]c2c(O)ccc(F)c12. The zero-order valence-corrected chi connectivity index (χ0v) is 6.54. The van der Waals surface area contributed by atoms with Gasteiger partial charge in [-0.2, -0.15) is 0 Å². The molecule has 3 nitrogen and oxygen atoms in total. The molecule has 0 fully saturated rings.